The lowest BCUT2D eigenvalue weighted by Crippen LogP contribution is -2.01. The number of rotatable bonds is 3. The Labute approximate surface area is 106 Å². The molecule has 0 amide bonds. The van der Waals surface area contributed by atoms with Gasteiger partial charge in [-0.1, -0.05) is 12.1 Å². The van der Waals surface area contributed by atoms with Crippen molar-refractivity contribution < 1.29 is 14.3 Å². The summed E-state index contributed by atoms with van der Waals surface area (Å²) in [6.07, 6.45) is 3.65. The van der Waals surface area contributed by atoms with Gasteiger partial charge in [-0.05, 0) is 17.7 Å². The van der Waals surface area contributed by atoms with Crippen LogP contribution in [0.3, 0.4) is 0 Å². The van der Waals surface area contributed by atoms with Crippen molar-refractivity contribution in [1.29, 1.82) is 0 Å². The van der Waals surface area contributed by atoms with Crippen molar-refractivity contribution in [1.82, 2.24) is 4.57 Å². The van der Waals surface area contributed by atoms with Crippen molar-refractivity contribution in [3.63, 3.8) is 0 Å². The highest BCUT2D eigenvalue weighted by atomic mass is 16.5. The molecule has 0 aliphatic carbocycles. The number of aromatic nitrogens is 1. The summed E-state index contributed by atoms with van der Waals surface area (Å²) >= 11 is 0. The van der Waals surface area contributed by atoms with Gasteiger partial charge >= 0.3 is 5.97 Å². The summed E-state index contributed by atoms with van der Waals surface area (Å²) in [7, 11) is 4.88. The van der Waals surface area contributed by atoms with E-state index >= 15 is 0 Å². The molecule has 1 heterocycles. The highest BCUT2D eigenvalue weighted by Gasteiger charge is 2.15. The van der Waals surface area contributed by atoms with Crippen molar-refractivity contribution >= 4 is 5.97 Å². The Morgan fingerprint density at radius 2 is 1.78 bits per heavy atom. The number of hydrogen-bond donors (Lipinski definition) is 0. The monoisotopic (exact) mass is 245 g/mol. The molecule has 4 heteroatoms. The van der Waals surface area contributed by atoms with Gasteiger partial charge in [0.25, 0.3) is 0 Å². The van der Waals surface area contributed by atoms with Crippen LogP contribution in [0.5, 0.6) is 5.75 Å². The van der Waals surface area contributed by atoms with E-state index in [1.165, 1.54) is 7.11 Å². The molecule has 94 valence electrons. The first-order chi connectivity index (χ1) is 8.65. The van der Waals surface area contributed by atoms with Crippen molar-refractivity contribution in [3.8, 4) is 16.9 Å². The van der Waals surface area contributed by atoms with Crippen molar-refractivity contribution in [2.75, 3.05) is 14.2 Å². The fraction of sp³-hybridized carbons (Fsp3) is 0.214. The van der Waals surface area contributed by atoms with E-state index in [4.69, 9.17) is 9.47 Å². The first-order valence-electron chi connectivity index (χ1n) is 5.54. The second kappa shape index (κ2) is 4.96. The molecule has 1 aromatic carbocycles. The zero-order valence-electron chi connectivity index (χ0n) is 10.6. The van der Waals surface area contributed by atoms with Crippen molar-refractivity contribution in [3.05, 3.63) is 42.2 Å². The van der Waals surface area contributed by atoms with Crippen LogP contribution in [-0.2, 0) is 11.8 Å². The number of ether oxygens (including phenoxy) is 2. The molecule has 0 radical (unpaired) electrons. The van der Waals surface area contributed by atoms with E-state index < -0.39 is 0 Å². The molecule has 2 aromatic rings. The minimum Gasteiger partial charge on any atom is -0.497 e. The molecule has 0 bridgehead atoms. The lowest BCUT2D eigenvalue weighted by molar-refractivity contribution is 0.0601. The van der Waals surface area contributed by atoms with Gasteiger partial charge < -0.3 is 14.0 Å². The van der Waals surface area contributed by atoms with Crippen LogP contribution in [0.1, 0.15) is 10.4 Å². The highest BCUT2D eigenvalue weighted by molar-refractivity contribution is 5.97. The summed E-state index contributed by atoms with van der Waals surface area (Å²) in [5.41, 5.74) is 2.37. The number of methoxy groups -OCH3 is 2. The number of carbonyl (C=O) groups is 1. The van der Waals surface area contributed by atoms with Gasteiger partial charge in [-0.25, -0.2) is 4.79 Å². The summed E-state index contributed by atoms with van der Waals surface area (Å²) in [5, 5.41) is 0. The molecule has 0 saturated heterocycles. The van der Waals surface area contributed by atoms with Crippen LogP contribution >= 0.6 is 0 Å². The van der Waals surface area contributed by atoms with Gasteiger partial charge in [0, 0.05) is 25.0 Å². The topological polar surface area (TPSA) is 40.5 Å². The average molecular weight is 245 g/mol. The first kappa shape index (κ1) is 12.2. The molecule has 0 saturated carbocycles. The van der Waals surface area contributed by atoms with Gasteiger partial charge in [-0.15, -0.1) is 0 Å². The third-order valence-electron chi connectivity index (χ3n) is 2.76. The van der Waals surface area contributed by atoms with Gasteiger partial charge in [0.15, 0.2) is 0 Å². The minimum atomic E-state index is -0.332. The van der Waals surface area contributed by atoms with Crippen LogP contribution < -0.4 is 4.74 Å². The fourth-order valence-electron chi connectivity index (χ4n) is 1.86. The Hall–Kier alpha value is -2.23. The maximum Gasteiger partial charge on any atom is 0.340 e. The third-order valence-corrected chi connectivity index (χ3v) is 2.76. The zero-order valence-corrected chi connectivity index (χ0v) is 10.6. The number of hydrogen-bond acceptors (Lipinski definition) is 3. The van der Waals surface area contributed by atoms with E-state index in [2.05, 4.69) is 0 Å². The Balaban J connectivity index is 2.45. The van der Waals surface area contributed by atoms with Crippen LogP contribution in [0.2, 0.25) is 0 Å². The second-order valence-electron chi connectivity index (χ2n) is 3.97. The summed E-state index contributed by atoms with van der Waals surface area (Å²) in [6.45, 7) is 0. The number of aryl methyl sites for hydroxylation is 1. The van der Waals surface area contributed by atoms with Gasteiger partial charge in [-0.2, -0.15) is 0 Å². The Bertz CT molecular complexity index is 555. The van der Waals surface area contributed by atoms with E-state index in [0.717, 1.165) is 16.9 Å². The number of esters is 1. The molecule has 0 fully saturated rings. The predicted molar refractivity (Wildman–Crippen MR) is 68.7 cm³/mol. The molecular weight excluding hydrogens is 230 g/mol. The lowest BCUT2D eigenvalue weighted by Gasteiger charge is -2.04. The Morgan fingerprint density at radius 1 is 1.11 bits per heavy atom. The molecule has 0 aliphatic rings. The van der Waals surface area contributed by atoms with E-state index in [-0.39, 0.29) is 5.97 Å². The lowest BCUT2D eigenvalue weighted by atomic mass is 10.0. The average Bonchev–Trinajstić information content (AvgIpc) is 2.80. The zero-order chi connectivity index (χ0) is 13.1. The van der Waals surface area contributed by atoms with Gasteiger partial charge in [0.1, 0.15) is 5.75 Å². The van der Waals surface area contributed by atoms with Crippen LogP contribution in [0.15, 0.2) is 36.7 Å². The second-order valence-corrected chi connectivity index (χ2v) is 3.97. The van der Waals surface area contributed by atoms with E-state index in [1.54, 1.807) is 13.3 Å². The summed E-state index contributed by atoms with van der Waals surface area (Å²) in [5.74, 6) is 0.454. The molecule has 0 aliphatic heterocycles. The standard InChI is InChI=1S/C14H15NO3/c1-15-8-12(13(9-15)14(16)18-3)10-4-6-11(17-2)7-5-10/h4-9H,1-3H3. The molecule has 18 heavy (non-hydrogen) atoms. The van der Waals surface area contributed by atoms with Crippen molar-refractivity contribution in [2.45, 2.75) is 0 Å². The summed E-state index contributed by atoms with van der Waals surface area (Å²) < 4.78 is 11.7. The van der Waals surface area contributed by atoms with Gasteiger partial charge in [0.2, 0.25) is 0 Å². The molecule has 0 spiro atoms. The first-order valence-corrected chi connectivity index (χ1v) is 5.54. The number of carbonyl (C=O) groups excluding carboxylic acids is 1. The fourth-order valence-corrected chi connectivity index (χ4v) is 1.86. The minimum absolute atomic E-state index is 0.332. The molecule has 4 nitrogen and oxygen atoms in total. The largest absolute Gasteiger partial charge is 0.497 e. The summed E-state index contributed by atoms with van der Waals surface area (Å²) in [6, 6.07) is 7.56. The molecular formula is C14H15NO3. The van der Waals surface area contributed by atoms with E-state index in [0.29, 0.717) is 5.56 Å². The molecule has 0 N–H and O–H groups in total. The maximum atomic E-state index is 11.7. The maximum absolute atomic E-state index is 11.7. The molecule has 0 unspecified atom stereocenters. The van der Waals surface area contributed by atoms with Crippen LogP contribution in [0, 0.1) is 0 Å². The normalized spacial score (nSPS) is 10.2. The van der Waals surface area contributed by atoms with Crippen molar-refractivity contribution in [2.24, 2.45) is 7.05 Å². The van der Waals surface area contributed by atoms with Crippen LogP contribution in [-0.4, -0.2) is 24.8 Å². The molecule has 0 atom stereocenters. The van der Waals surface area contributed by atoms with Crippen LogP contribution in [0.25, 0.3) is 11.1 Å². The molecule has 2 rings (SSSR count). The number of benzene rings is 1. The number of nitrogens with zero attached hydrogens (tertiary/aromatic N) is 1. The smallest absolute Gasteiger partial charge is 0.340 e. The Morgan fingerprint density at radius 3 is 2.33 bits per heavy atom. The quantitative estimate of drug-likeness (QED) is 0.780. The predicted octanol–water partition coefficient (Wildman–Crippen LogP) is 2.49. The molecule has 1 aromatic heterocycles. The van der Waals surface area contributed by atoms with E-state index in [9.17, 15) is 4.79 Å². The summed E-state index contributed by atoms with van der Waals surface area (Å²) in [4.78, 5) is 11.7. The SMILES string of the molecule is COC(=O)c1cn(C)cc1-c1ccc(OC)cc1. The van der Waals surface area contributed by atoms with Gasteiger partial charge in [0.05, 0.1) is 19.8 Å². The van der Waals surface area contributed by atoms with Crippen LogP contribution in [0.4, 0.5) is 0 Å². The Kier molecular flexibility index (Phi) is 3.37. The van der Waals surface area contributed by atoms with Gasteiger partial charge in [-0.3, -0.25) is 0 Å². The highest BCUT2D eigenvalue weighted by Crippen LogP contribution is 2.26. The van der Waals surface area contributed by atoms with E-state index in [1.807, 2.05) is 42.1 Å². The third kappa shape index (κ3) is 2.22.